The van der Waals surface area contributed by atoms with Gasteiger partial charge in [0.15, 0.2) is 0 Å². The highest BCUT2D eigenvalue weighted by Gasteiger charge is 2.10. The third-order valence-corrected chi connectivity index (χ3v) is 1.72. The van der Waals surface area contributed by atoms with Crippen LogP contribution in [-0.2, 0) is 0 Å². The standard InChI is InChI=1S/C9H14N2O2/c1-6(4-10)11-9(12)8-3-7(2)13-5-8/h3,5-6H,4,10H2,1-2H3,(H,11,12)/t6-/m1/s1. The molecule has 0 bridgehead atoms. The van der Waals surface area contributed by atoms with Crippen molar-refractivity contribution in [3.05, 3.63) is 23.7 Å². The van der Waals surface area contributed by atoms with E-state index in [0.717, 1.165) is 5.76 Å². The number of carbonyl (C=O) groups excluding carboxylic acids is 1. The number of hydrogen-bond acceptors (Lipinski definition) is 3. The average Bonchev–Trinajstić information content (AvgIpc) is 2.51. The minimum atomic E-state index is -0.144. The number of amides is 1. The largest absolute Gasteiger partial charge is 0.469 e. The zero-order chi connectivity index (χ0) is 9.84. The van der Waals surface area contributed by atoms with Crippen LogP contribution in [0, 0.1) is 6.92 Å². The van der Waals surface area contributed by atoms with E-state index in [1.165, 1.54) is 6.26 Å². The van der Waals surface area contributed by atoms with Crippen molar-refractivity contribution < 1.29 is 9.21 Å². The Labute approximate surface area is 77.1 Å². The first kappa shape index (κ1) is 9.80. The number of hydrogen-bond donors (Lipinski definition) is 2. The van der Waals surface area contributed by atoms with Gasteiger partial charge in [0.05, 0.1) is 5.56 Å². The third-order valence-electron chi connectivity index (χ3n) is 1.72. The molecule has 3 N–H and O–H groups in total. The molecular formula is C9H14N2O2. The highest BCUT2D eigenvalue weighted by atomic mass is 16.3. The van der Waals surface area contributed by atoms with E-state index in [1.807, 2.05) is 6.92 Å². The smallest absolute Gasteiger partial charge is 0.254 e. The minimum Gasteiger partial charge on any atom is -0.469 e. The lowest BCUT2D eigenvalue weighted by atomic mass is 10.2. The summed E-state index contributed by atoms with van der Waals surface area (Å²) in [5.41, 5.74) is 5.91. The molecule has 0 fully saturated rings. The van der Waals surface area contributed by atoms with Crippen molar-refractivity contribution in [1.29, 1.82) is 0 Å². The van der Waals surface area contributed by atoms with E-state index in [9.17, 15) is 4.79 Å². The monoisotopic (exact) mass is 182 g/mol. The van der Waals surface area contributed by atoms with E-state index in [1.54, 1.807) is 13.0 Å². The molecule has 1 rings (SSSR count). The van der Waals surface area contributed by atoms with Crippen molar-refractivity contribution in [3.8, 4) is 0 Å². The Balaban J connectivity index is 2.58. The Morgan fingerprint density at radius 2 is 2.46 bits per heavy atom. The maximum Gasteiger partial charge on any atom is 0.254 e. The molecule has 72 valence electrons. The first-order chi connectivity index (χ1) is 6.13. The average molecular weight is 182 g/mol. The van der Waals surface area contributed by atoms with E-state index in [0.29, 0.717) is 12.1 Å². The summed E-state index contributed by atoms with van der Waals surface area (Å²) in [4.78, 5) is 11.4. The molecule has 0 aliphatic heterocycles. The molecule has 1 heterocycles. The molecule has 0 aromatic carbocycles. The van der Waals surface area contributed by atoms with Crippen LogP contribution in [0.2, 0.25) is 0 Å². The molecule has 0 saturated carbocycles. The van der Waals surface area contributed by atoms with Gasteiger partial charge in [0.25, 0.3) is 5.91 Å². The van der Waals surface area contributed by atoms with Crippen LogP contribution in [0.5, 0.6) is 0 Å². The number of carbonyl (C=O) groups is 1. The highest BCUT2D eigenvalue weighted by Crippen LogP contribution is 2.05. The van der Waals surface area contributed by atoms with Gasteiger partial charge in [0, 0.05) is 12.6 Å². The topological polar surface area (TPSA) is 68.3 Å². The van der Waals surface area contributed by atoms with E-state index < -0.39 is 0 Å². The molecule has 0 aliphatic carbocycles. The SMILES string of the molecule is Cc1cc(C(=O)N[C@H](C)CN)co1. The normalized spacial score (nSPS) is 12.5. The van der Waals surface area contributed by atoms with Gasteiger partial charge in [0.2, 0.25) is 0 Å². The lowest BCUT2D eigenvalue weighted by molar-refractivity contribution is 0.0940. The highest BCUT2D eigenvalue weighted by molar-refractivity contribution is 5.94. The third kappa shape index (κ3) is 2.59. The minimum absolute atomic E-state index is 0.0114. The van der Waals surface area contributed by atoms with Crippen LogP contribution < -0.4 is 11.1 Å². The van der Waals surface area contributed by atoms with E-state index in [4.69, 9.17) is 10.2 Å². The molecule has 4 nitrogen and oxygen atoms in total. The molecule has 13 heavy (non-hydrogen) atoms. The van der Waals surface area contributed by atoms with Gasteiger partial charge in [-0.3, -0.25) is 4.79 Å². The fourth-order valence-electron chi connectivity index (χ4n) is 0.929. The lowest BCUT2D eigenvalue weighted by Gasteiger charge is -2.09. The summed E-state index contributed by atoms with van der Waals surface area (Å²) < 4.78 is 5.01. The fourth-order valence-corrected chi connectivity index (χ4v) is 0.929. The quantitative estimate of drug-likeness (QED) is 0.721. The number of nitrogens with two attached hydrogens (primary N) is 1. The Morgan fingerprint density at radius 1 is 1.77 bits per heavy atom. The van der Waals surface area contributed by atoms with Gasteiger partial charge in [-0.15, -0.1) is 0 Å². The Morgan fingerprint density at radius 3 is 2.92 bits per heavy atom. The number of aryl methyl sites for hydroxylation is 1. The first-order valence-electron chi connectivity index (χ1n) is 4.19. The molecule has 1 aromatic heterocycles. The Bertz CT molecular complexity index is 294. The van der Waals surface area contributed by atoms with Gasteiger partial charge >= 0.3 is 0 Å². The lowest BCUT2D eigenvalue weighted by Crippen LogP contribution is -2.37. The Hall–Kier alpha value is -1.29. The second-order valence-corrected chi connectivity index (χ2v) is 3.06. The van der Waals surface area contributed by atoms with E-state index >= 15 is 0 Å². The van der Waals surface area contributed by atoms with Gasteiger partial charge in [-0.2, -0.15) is 0 Å². The molecule has 1 amide bonds. The zero-order valence-corrected chi connectivity index (χ0v) is 7.83. The van der Waals surface area contributed by atoms with Crippen molar-refractivity contribution in [2.45, 2.75) is 19.9 Å². The molecule has 0 saturated heterocycles. The van der Waals surface area contributed by atoms with Gasteiger partial charge in [-0.25, -0.2) is 0 Å². The van der Waals surface area contributed by atoms with Gasteiger partial charge < -0.3 is 15.5 Å². The number of furan rings is 1. The number of rotatable bonds is 3. The van der Waals surface area contributed by atoms with E-state index in [-0.39, 0.29) is 11.9 Å². The molecule has 0 radical (unpaired) electrons. The summed E-state index contributed by atoms with van der Waals surface area (Å²) in [6.45, 7) is 4.08. The fraction of sp³-hybridized carbons (Fsp3) is 0.444. The second-order valence-electron chi connectivity index (χ2n) is 3.06. The molecule has 0 unspecified atom stereocenters. The van der Waals surface area contributed by atoms with Crippen molar-refractivity contribution in [1.82, 2.24) is 5.32 Å². The summed E-state index contributed by atoms with van der Waals surface area (Å²) in [6.07, 6.45) is 1.44. The summed E-state index contributed by atoms with van der Waals surface area (Å²) in [5, 5.41) is 2.74. The summed E-state index contributed by atoms with van der Waals surface area (Å²) in [7, 11) is 0. The maximum atomic E-state index is 11.4. The first-order valence-corrected chi connectivity index (χ1v) is 4.19. The van der Waals surface area contributed by atoms with E-state index in [2.05, 4.69) is 5.32 Å². The maximum absolute atomic E-state index is 11.4. The van der Waals surface area contributed by atoms with Crippen molar-refractivity contribution in [2.24, 2.45) is 5.73 Å². The van der Waals surface area contributed by atoms with Gasteiger partial charge in [-0.1, -0.05) is 0 Å². The van der Waals surface area contributed by atoms with Crippen LogP contribution in [0.3, 0.4) is 0 Å². The van der Waals surface area contributed by atoms with Crippen LogP contribution in [0.4, 0.5) is 0 Å². The van der Waals surface area contributed by atoms with Gasteiger partial charge in [-0.05, 0) is 19.9 Å². The van der Waals surface area contributed by atoms with Crippen LogP contribution in [0.25, 0.3) is 0 Å². The number of nitrogens with one attached hydrogen (secondary N) is 1. The van der Waals surface area contributed by atoms with Crippen molar-refractivity contribution in [3.63, 3.8) is 0 Å². The van der Waals surface area contributed by atoms with Crippen LogP contribution in [-0.4, -0.2) is 18.5 Å². The predicted molar refractivity (Wildman–Crippen MR) is 49.4 cm³/mol. The molecule has 4 heteroatoms. The van der Waals surface area contributed by atoms with Crippen molar-refractivity contribution >= 4 is 5.91 Å². The Kier molecular flexibility index (Phi) is 3.08. The zero-order valence-electron chi connectivity index (χ0n) is 7.83. The van der Waals surface area contributed by atoms with Crippen LogP contribution in [0.15, 0.2) is 16.7 Å². The summed E-state index contributed by atoms with van der Waals surface area (Å²) >= 11 is 0. The molecule has 0 spiro atoms. The second kappa shape index (κ2) is 4.09. The molecule has 0 aliphatic rings. The summed E-state index contributed by atoms with van der Waals surface area (Å²) in [5.74, 6) is 0.584. The predicted octanol–water partition coefficient (Wildman–Crippen LogP) is 0.665. The molecular weight excluding hydrogens is 168 g/mol. The molecule has 1 aromatic rings. The van der Waals surface area contributed by atoms with Gasteiger partial charge in [0.1, 0.15) is 12.0 Å². The molecule has 1 atom stereocenters. The van der Waals surface area contributed by atoms with Crippen molar-refractivity contribution in [2.75, 3.05) is 6.54 Å². The van der Waals surface area contributed by atoms with Crippen LogP contribution in [0.1, 0.15) is 23.0 Å². The van der Waals surface area contributed by atoms with Crippen LogP contribution >= 0.6 is 0 Å². The summed E-state index contributed by atoms with van der Waals surface area (Å²) in [6, 6.07) is 1.68.